The first-order valence-electron chi connectivity index (χ1n) is 4.99. The largest absolute Gasteiger partial charge is 0.433 e. The van der Waals surface area contributed by atoms with Gasteiger partial charge in [0.2, 0.25) is 0 Å². The van der Waals surface area contributed by atoms with Crippen LogP contribution >= 0.6 is 39.1 Å². The smallest absolute Gasteiger partial charge is 0.388 e. The lowest BCUT2D eigenvalue weighted by Crippen LogP contribution is -2.09. The van der Waals surface area contributed by atoms with Gasteiger partial charge in [0.15, 0.2) is 0 Å². The number of benzene rings is 1. The van der Waals surface area contributed by atoms with Crippen molar-refractivity contribution in [3.05, 3.63) is 32.3 Å². The molecular weight excluding hydrogens is 368 g/mol. The highest BCUT2D eigenvalue weighted by Crippen LogP contribution is 2.40. The Morgan fingerprint density at radius 1 is 1.21 bits per heavy atom. The van der Waals surface area contributed by atoms with Gasteiger partial charge in [-0.05, 0) is 28.1 Å². The molecule has 2 aromatic rings. The quantitative estimate of drug-likeness (QED) is 0.680. The number of anilines is 1. The third-order valence-electron chi connectivity index (χ3n) is 2.50. The average molecular weight is 374 g/mol. The van der Waals surface area contributed by atoms with Gasteiger partial charge in [-0.15, -0.1) is 0 Å². The van der Waals surface area contributed by atoms with Gasteiger partial charge in [-0.25, -0.2) is 4.98 Å². The van der Waals surface area contributed by atoms with Crippen LogP contribution in [0.1, 0.15) is 5.69 Å². The fourth-order valence-corrected chi connectivity index (χ4v) is 2.55. The van der Waals surface area contributed by atoms with Crippen LogP contribution in [0.2, 0.25) is 10.0 Å². The van der Waals surface area contributed by atoms with E-state index in [0.717, 1.165) is 6.07 Å². The van der Waals surface area contributed by atoms with E-state index in [1.165, 1.54) is 7.05 Å². The molecule has 0 saturated heterocycles. The van der Waals surface area contributed by atoms with Crippen molar-refractivity contribution in [2.75, 3.05) is 12.4 Å². The summed E-state index contributed by atoms with van der Waals surface area (Å²) in [6.45, 7) is 0. The normalized spacial score (nSPS) is 11.9. The van der Waals surface area contributed by atoms with Crippen molar-refractivity contribution in [1.82, 2.24) is 4.98 Å². The number of fused-ring (bicyclic) bond motifs is 1. The van der Waals surface area contributed by atoms with E-state index in [9.17, 15) is 13.2 Å². The predicted molar refractivity (Wildman–Crippen MR) is 74.0 cm³/mol. The number of nitrogens with one attached hydrogen (secondary N) is 1. The van der Waals surface area contributed by atoms with Crippen molar-refractivity contribution in [3.63, 3.8) is 0 Å². The second-order valence-electron chi connectivity index (χ2n) is 3.69. The third kappa shape index (κ3) is 2.61. The highest BCUT2D eigenvalue weighted by Gasteiger charge is 2.33. The SMILES string of the molecule is CNc1cc(C(F)(F)F)nc2c(Cl)c(Cl)c(Br)cc12. The first-order chi connectivity index (χ1) is 8.75. The zero-order chi connectivity index (χ0) is 14.4. The van der Waals surface area contributed by atoms with Crippen LogP contribution in [-0.2, 0) is 6.18 Å². The minimum Gasteiger partial charge on any atom is -0.388 e. The third-order valence-corrected chi connectivity index (χ3v) is 4.21. The van der Waals surface area contributed by atoms with Gasteiger partial charge in [-0.3, -0.25) is 0 Å². The van der Waals surface area contributed by atoms with E-state index in [0.29, 0.717) is 9.86 Å². The van der Waals surface area contributed by atoms with Crippen LogP contribution in [0.25, 0.3) is 10.9 Å². The molecule has 2 rings (SSSR count). The van der Waals surface area contributed by atoms with Crippen LogP contribution in [0.5, 0.6) is 0 Å². The summed E-state index contributed by atoms with van der Waals surface area (Å²) < 4.78 is 38.8. The fraction of sp³-hybridized carbons (Fsp3) is 0.182. The number of pyridine rings is 1. The minimum absolute atomic E-state index is 0.00837. The lowest BCUT2D eigenvalue weighted by molar-refractivity contribution is -0.140. The summed E-state index contributed by atoms with van der Waals surface area (Å²) in [7, 11) is 1.52. The molecule has 1 N–H and O–H groups in total. The van der Waals surface area contributed by atoms with Crippen LogP contribution in [0.3, 0.4) is 0 Å². The Balaban J connectivity index is 2.90. The maximum atomic E-state index is 12.8. The Morgan fingerprint density at radius 2 is 1.84 bits per heavy atom. The summed E-state index contributed by atoms with van der Waals surface area (Å²) >= 11 is 15.1. The van der Waals surface area contributed by atoms with E-state index in [4.69, 9.17) is 23.2 Å². The first kappa shape index (κ1) is 14.7. The monoisotopic (exact) mass is 372 g/mol. The Hall–Kier alpha value is -0.720. The molecule has 1 heterocycles. The summed E-state index contributed by atoms with van der Waals surface area (Å²) in [6, 6.07) is 2.50. The van der Waals surface area contributed by atoms with Crippen molar-refractivity contribution in [3.8, 4) is 0 Å². The molecule has 0 fully saturated rings. The summed E-state index contributed by atoms with van der Waals surface area (Å²) in [4.78, 5) is 3.55. The number of rotatable bonds is 1. The minimum atomic E-state index is -4.55. The number of alkyl halides is 3. The first-order valence-corrected chi connectivity index (χ1v) is 6.53. The van der Waals surface area contributed by atoms with Crippen molar-refractivity contribution in [1.29, 1.82) is 0 Å². The predicted octanol–water partition coefficient (Wildman–Crippen LogP) is 5.36. The van der Waals surface area contributed by atoms with E-state index in [2.05, 4.69) is 26.2 Å². The lowest BCUT2D eigenvalue weighted by atomic mass is 10.1. The van der Waals surface area contributed by atoms with Crippen LogP contribution in [-0.4, -0.2) is 12.0 Å². The second-order valence-corrected chi connectivity index (χ2v) is 5.30. The van der Waals surface area contributed by atoms with Gasteiger partial charge in [0.1, 0.15) is 5.69 Å². The number of nitrogens with zero attached hydrogens (tertiary/aromatic N) is 1. The summed E-state index contributed by atoms with van der Waals surface area (Å²) in [5.41, 5.74) is -0.740. The molecule has 1 aromatic carbocycles. The maximum absolute atomic E-state index is 12.8. The molecule has 0 aliphatic carbocycles. The molecule has 0 saturated carbocycles. The fourth-order valence-electron chi connectivity index (χ4n) is 1.62. The highest BCUT2D eigenvalue weighted by atomic mass is 79.9. The summed E-state index contributed by atoms with van der Waals surface area (Å²) in [6.07, 6.45) is -4.55. The molecule has 19 heavy (non-hydrogen) atoms. The molecule has 0 amide bonds. The Labute approximate surface area is 125 Å². The second kappa shape index (κ2) is 5.00. The van der Waals surface area contributed by atoms with E-state index >= 15 is 0 Å². The van der Waals surface area contributed by atoms with Gasteiger partial charge in [0.05, 0.1) is 15.6 Å². The highest BCUT2D eigenvalue weighted by molar-refractivity contribution is 9.10. The number of halogens is 6. The average Bonchev–Trinajstić information content (AvgIpc) is 2.34. The summed E-state index contributed by atoms with van der Waals surface area (Å²) in [5.74, 6) is 0. The Morgan fingerprint density at radius 3 is 2.37 bits per heavy atom. The van der Waals surface area contributed by atoms with Crippen LogP contribution in [0.15, 0.2) is 16.6 Å². The maximum Gasteiger partial charge on any atom is 0.433 e. The van der Waals surface area contributed by atoms with E-state index in [1.54, 1.807) is 6.07 Å². The van der Waals surface area contributed by atoms with Gasteiger partial charge in [0, 0.05) is 22.6 Å². The molecule has 0 radical (unpaired) electrons. The van der Waals surface area contributed by atoms with Crippen LogP contribution < -0.4 is 5.32 Å². The van der Waals surface area contributed by atoms with Crippen molar-refractivity contribution in [2.45, 2.75) is 6.18 Å². The molecule has 0 spiro atoms. The van der Waals surface area contributed by atoms with Gasteiger partial charge < -0.3 is 5.32 Å². The molecule has 0 aliphatic rings. The molecule has 8 heteroatoms. The molecular formula is C11H6BrCl2F3N2. The Kier molecular flexibility index (Phi) is 3.86. The molecule has 2 nitrogen and oxygen atoms in total. The zero-order valence-corrected chi connectivity index (χ0v) is 12.5. The molecule has 0 bridgehead atoms. The van der Waals surface area contributed by atoms with Crippen LogP contribution in [0.4, 0.5) is 18.9 Å². The Bertz CT molecular complexity index is 659. The standard InChI is InChI=1S/C11H6BrCl2F3N2/c1-18-6-3-7(11(15,16)17)19-10-4(6)2-5(12)8(13)9(10)14/h2-3H,1H3,(H,18,19). The van der Waals surface area contributed by atoms with E-state index in [-0.39, 0.29) is 21.2 Å². The van der Waals surface area contributed by atoms with Crippen molar-refractivity contribution >= 4 is 55.7 Å². The van der Waals surface area contributed by atoms with Gasteiger partial charge in [-0.1, -0.05) is 23.2 Å². The van der Waals surface area contributed by atoms with Gasteiger partial charge in [0.25, 0.3) is 0 Å². The molecule has 102 valence electrons. The number of aromatic nitrogens is 1. The molecule has 0 atom stereocenters. The number of hydrogen-bond acceptors (Lipinski definition) is 2. The summed E-state index contributed by atoms with van der Waals surface area (Å²) in [5, 5.41) is 3.26. The molecule has 1 aromatic heterocycles. The van der Waals surface area contributed by atoms with Crippen molar-refractivity contribution in [2.24, 2.45) is 0 Å². The molecule has 0 aliphatic heterocycles. The molecule has 0 unspecified atom stereocenters. The van der Waals surface area contributed by atoms with Gasteiger partial charge >= 0.3 is 6.18 Å². The van der Waals surface area contributed by atoms with E-state index in [1.807, 2.05) is 0 Å². The lowest BCUT2D eigenvalue weighted by Gasteiger charge is -2.13. The van der Waals surface area contributed by atoms with Gasteiger partial charge in [-0.2, -0.15) is 13.2 Å². The number of hydrogen-bond donors (Lipinski definition) is 1. The van der Waals surface area contributed by atoms with Crippen molar-refractivity contribution < 1.29 is 13.2 Å². The topological polar surface area (TPSA) is 24.9 Å². The van der Waals surface area contributed by atoms with E-state index < -0.39 is 11.9 Å². The van der Waals surface area contributed by atoms with Crippen LogP contribution in [0, 0.1) is 0 Å². The zero-order valence-electron chi connectivity index (χ0n) is 9.37.